The SMILES string of the molecule is Brc1cc(-c2ccccn2)nc(-c2ccccn2)c1.Brc1cc(-c2ccccn2)nc(-c2ccccn2)c1.Brc1ccc(-c2cc(-c3ccccc3)nc(-c3ccccc3)n2)cc1.Brc1ccc(-c2nc(-c3ccccc3)cc(-c3ccccc3)n2)cc1.Brc1ccc(-c2nc(-c3ccccc3)nc(-c3ccccc3)n2)cc1. The molecule has 0 aliphatic rings. The van der Waals surface area contributed by atoms with Crippen LogP contribution >= 0.6 is 79.6 Å². The fourth-order valence-corrected chi connectivity index (χ4v) is 13.2. The molecule has 9 aromatic carbocycles. The van der Waals surface area contributed by atoms with Gasteiger partial charge >= 0.3 is 0 Å². The molecule has 113 heavy (non-hydrogen) atoms. The maximum absolute atomic E-state index is 4.80. The zero-order valence-electron chi connectivity index (χ0n) is 60.2. The Labute approximate surface area is 697 Å². The van der Waals surface area contributed by atoms with Crippen molar-refractivity contribution < 1.29 is 0 Å². The predicted octanol–water partition coefficient (Wildman–Crippen LogP) is 26.1. The molecular weight excluding hydrogens is 1720 g/mol. The van der Waals surface area contributed by atoms with Gasteiger partial charge in [0.1, 0.15) is 0 Å². The molecule has 18 aromatic rings. The topological polar surface area (TPSA) is 168 Å². The minimum Gasteiger partial charge on any atom is -0.255 e. The van der Waals surface area contributed by atoms with E-state index in [4.69, 9.17) is 29.9 Å². The van der Waals surface area contributed by atoms with Gasteiger partial charge in [-0.1, -0.05) is 322 Å². The second kappa shape index (κ2) is 38.9. The number of rotatable bonds is 13. The van der Waals surface area contributed by atoms with Crippen LogP contribution in [0.5, 0.6) is 0 Å². The van der Waals surface area contributed by atoms with Crippen molar-refractivity contribution in [3.8, 4) is 148 Å². The van der Waals surface area contributed by atoms with Gasteiger partial charge in [-0.2, -0.15) is 0 Å². The fourth-order valence-electron chi connectivity index (χ4n) is 11.5. The Bertz CT molecular complexity index is 5240. The molecule has 18 heteroatoms. The van der Waals surface area contributed by atoms with Gasteiger partial charge in [0, 0.05) is 97.2 Å². The molecule has 0 bridgehead atoms. The Morgan fingerprint density at radius 2 is 0.327 bits per heavy atom. The molecule has 0 saturated carbocycles. The first-order valence-electron chi connectivity index (χ1n) is 35.7. The smallest absolute Gasteiger partial charge is 0.164 e. The first-order chi connectivity index (χ1) is 55.5. The van der Waals surface area contributed by atoms with E-state index in [0.29, 0.717) is 17.5 Å². The third kappa shape index (κ3) is 21.5. The van der Waals surface area contributed by atoms with Crippen LogP contribution in [0, 0.1) is 0 Å². The first kappa shape index (κ1) is 77.2. The summed E-state index contributed by atoms with van der Waals surface area (Å²) in [6, 6.07) is 120. The van der Waals surface area contributed by atoms with Crippen LogP contribution in [-0.4, -0.2) is 64.8 Å². The fraction of sp³-hybridized carbons (Fsp3) is 0. The monoisotopic (exact) mass is 1780 g/mol. The van der Waals surface area contributed by atoms with E-state index < -0.39 is 0 Å². The standard InChI is InChI=1S/2C22H15BrN2.C21H14BrN3.2C15H10BrN3/c23-19-13-11-17(12-14-19)21-15-20(16-7-3-1-4-8-16)24-22(25-21)18-9-5-2-6-10-18;23-19-13-11-18(12-14-19)22-24-20(16-7-3-1-4-8-16)15-21(25-22)17-9-5-2-6-10-17;22-18-13-11-17(12-14-18)21-24-19(15-7-3-1-4-8-15)23-20(25-21)16-9-5-2-6-10-16;2*16-11-9-14(12-5-1-3-7-17-12)19-15(10-11)13-6-2-4-8-18-13/h2*1-15H;1-14H;2*1-10H. The van der Waals surface area contributed by atoms with Gasteiger partial charge in [-0.25, -0.2) is 44.9 Å². The molecule has 0 unspecified atom stereocenters. The van der Waals surface area contributed by atoms with E-state index in [0.717, 1.165) is 152 Å². The average molecular weight is 1790 g/mol. The highest BCUT2D eigenvalue weighted by molar-refractivity contribution is 9.11. The van der Waals surface area contributed by atoms with E-state index in [-0.39, 0.29) is 0 Å². The molecule has 18 rings (SSSR count). The third-order valence-corrected chi connectivity index (χ3v) is 19.5. The summed E-state index contributed by atoms with van der Waals surface area (Å²) in [6.07, 6.45) is 7.05. The highest BCUT2D eigenvalue weighted by Gasteiger charge is 2.16. The maximum atomic E-state index is 4.80. The van der Waals surface area contributed by atoms with Crippen molar-refractivity contribution >= 4 is 79.6 Å². The van der Waals surface area contributed by atoms with Crippen molar-refractivity contribution in [3.05, 3.63) is 411 Å². The van der Waals surface area contributed by atoms with Crippen LogP contribution in [0.2, 0.25) is 0 Å². The Kier molecular flexibility index (Phi) is 26.6. The number of pyridine rings is 6. The lowest BCUT2D eigenvalue weighted by Gasteiger charge is -2.09. The lowest BCUT2D eigenvalue weighted by Crippen LogP contribution is -1.99. The molecule has 0 atom stereocenters. The summed E-state index contributed by atoms with van der Waals surface area (Å²) in [5.41, 5.74) is 19.6. The Morgan fingerprint density at radius 3 is 0.558 bits per heavy atom. The molecule has 0 aliphatic carbocycles. The minimum absolute atomic E-state index is 0.667. The van der Waals surface area contributed by atoms with Crippen LogP contribution in [-0.2, 0) is 0 Å². The summed E-state index contributed by atoms with van der Waals surface area (Å²) in [5, 5.41) is 0. The second-order valence-corrected chi connectivity index (χ2v) is 29.5. The van der Waals surface area contributed by atoms with Crippen molar-refractivity contribution in [1.82, 2.24) is 64.8 Å². The largest absolute Gasteiger partial charge is 0.255 e. The molecule has 0 aliphatic heterocycles. The quantitative estimate of drug-likeness (QED) is 0.107. The molecule has 0 spiro atoms. The zero-order valence-corrected chi connectivity index (χ0v) is 68.1. The first-order valence-corrected chi connectivity index (χ1v) is 39.7. The summed E-state index contributed by atoms with van der Waals surface area (Å²) in [7, 11) is 0. The highest BCUT2D eigenvalue weighted by Crippen LogP contribution is 2.33. The lowest BCUT2D eigenvalue weighted by atomic mass is 10.1. The van der Waals surface area contributed by atoms with Gasteiger partial charge in [0.2, 0.25) is 0 Å². The van der Waals surface area contributed by atoms with Crippen molar-refractivity contribution in [2.24, 2.45) is 0 Å². The van der Waals surface area contributed by atoms with Crippen molar-refractivity contribution in [3.63, 3.8) is 0 Å². The highest BCUT2D eigenvalue weighted by atomic mass is 79.9. The molecule has 544 valence electrons. The van der Waals surface area contributed by atoms with E-state index in [1.54, 1.807) is 24.8 Å². The summed E-state index contributed by atoms with van der Waals surface area (Å²) < 4.78 is 5.04. The summed E-state index contributed by atoms with van der Waals surface area (Å²) >= 11 is 17.5. The molecule has 0 N–H and O–H groups in total. The van der Waals surface area contributed by atoms with Gasteiger partial charge in [0.25, 0.3) is 0 Å². The number of benzene rings is 9. The molecule has 0 saturated heterocycles. The molecule has 0 amide bonds. The molecule has 9 aromatic heterocycles. The van der Waals surface area contributed by atoms with Gasteiger partial charge in [-0.15, -0.1) is 0 Å². The van der Waals surface area contributed by atoms with Crippen molar-refractivity contribution in [2.45, 2.75) is 0 Å². The Hall–Kier alpha value is -12.6. The van der Waals surface area contributed by atoms with Gasteiger partial charge in [-0.3, -0.25) is 19.9 Å². The summed E-state index contributed by atoms with van der Waals surface area (Å²) in [5.74, 6) is 3.48. The minimum atomic E-state index is 0.667. The van der Waals surface area contributed by atoms with E-state index >= 15 is 0 Å². The summed E-state index contributed by atoms with van der Waals surface area (Å²) in [4.78, 5) is 59.8. The number of hydrogen-bond donors (Lipinski definition) is 0. The number of halogens is 5. The van der Waals surface area contributed by atoms with Crippen LogP contribution in [0.25, 0.3) is 148 Å². The van der Waals surface area contributed by atoms with Crippen LogP contribution < -0.4 is 0 Å². The van der Waals surface area contributed by atoms with Crippen molar-refractivity contribution in [2.75, 3.05) is 0 Å². The number of hydrogen-bond acceptors (Lipinski definition) is 13. The second-order valence-electron chi connectivity index (χ2n) is 24.9. The third-order valence-electron chi connectivity index (χ3n) is 17.0. The maximum Gasteiger partial charge on any atom is 0.164 e. The van der Waals surface area contributed by atoms with Gasteiger partial charge in [-0.05, 0) is 121 Å². The average Bonchev–Trinajstić information content (AvgIpc) is 0.812. The van der Waals surface area contributed by atoms with Crippen molar-refractivity contribution in [1.29, 1.82) is 0 Å². The van der Waals surface area contributed by atoms with Crippen LogP contribution in [0.4, 0.5) is 0 Å². The summed E-state index contributed by atoms with van der Waals surface area (Å²) in [6.45, 7) is 0. The van der Waals surface area contributed by atoms with Gasteiger partial charge in [0.15, 0.2) is 29.1 Å². The van der Waals surface area contributed by atoms with Crippen LogP contribution in [0.1, 0.15) is 0 Å². The van der Waals surface area contributed by atoms with E-state index in [1.807, 2.05) is 315 Å². The van der Waals surface area contributed by atoms with E-state index in [9.17, 15) is 0 Å². The van der Waals surface area contributed by atoms with Crippen LogP contribution in [0.3, 0.4) is 0 Å². The van der Waals surface area contributed by atoms with Gasteiger partial charge in [0.05, 0.1) is 68.3 Å². The molecule has 0 fully saturated rings. The number of aromatic nitrogens is 13. The Balaban J connectivity index is 0.000000118. The van der Waals surface area contributed by atoms with Crippen LogP contribution in [0.15, 0.2) is 411 Å². The Morgan fingerprint density at radius 1 is 0.133 bits per heavy atom. The molecular formula is C95H64Br5N13. The number of nitrogens with zero attached hydrogens (tertiary/aromatic N) is 13. The normalized spacial score (nSPS) is 10.5. The van der Waals surface area contributed by atoms with E-state index in [1.165, 1.54) is 0 Å². The van der Waals surface area contributed by atoms with E-state index in [2.05, 4.69) is 163 Å². The molecule has 9 heterocycles. The predicted molar refractivity (Wildman–Crippen MR) is 473 cm³/mol. The molecule has 0 radical (unpaired) electrons. The lowest BCUT2D eigenvalue weighted by molar-refractivity contribution is 1.07. The molecule has 13 nitrogen and oxygen atoms in total. The van der Waals surface area contributed by atoms with Gasteiger partial charge < -0.3 is 0 Å². The zero-order chi connectivity index (χ0) is 77.3.